The van der Waals surface area contributed by atoms with Gasteiger partial charge in [-0.25, -0.2) is 13.4 Å². The van der Waals surface area contributed by atoms with Crippen LogP contribution < -0.4 is 18.1 Å². The summed E-state index contributed by atoms with van der Waals surface area (Å²) in [5.74, 6) is -3.04. The molecule has 3 rings (SSSR count). The zero-order valence-electron chi connectivity index (χ0n) is 14.6. The lowest BCUT2D eigenvalue weighted by Gasteiger charge is -2.22. The number of carbonyl (C=O) groups is 1. The molecule has 29 heavy (non-hydrogen) atoms. The van der Waals surface area contributed by atoms with E-state index in [9.17, 15) is 31.1 Å². The van der Waals surface area contributed by atoms with Gasteiger partial charge in [-0.05, 0) is 18.2 Å². The molecule has 1 aliphatic rings. The first-order valence-corrected chi connectivity index (χ1v) is 11.0. The first-order chi connectivity index (χ1) is 13.4. The van der Waals surface area contributed by atoms with E-state index in [1.807, 2.05) is 0 Å². The van der Waals surface area contributed by atoms with Gasteiger partial charge in [-0.1, -0.05) is 17.7 Å². The summed E-state index contributed by atoms with van der Waals surface area (Å²) in [6, 6.07) is 7.46. The first kappa shape index (κ1) is 21.0. The molecule has 0 bridgehead atoms. The number of anilines is 3. The summed E-state index contributed by atoms with van der Waals surface area (Å²) in [4.78, 5) is 11.3. The van der Waals surface area contributed by atoms with Gasteiger partial charge in [0.05, 0.1) is 11.4 Å². The lowest BCUT2D eigenvalue weighted by Crippen LogP contribution is -2.32. The average Bonchev–Trinajstić information content (AvgIpc) is 2.85. The van der Waals surface area contributed by atoms with Crippen molar-refractivity contribution in [2.45, 2.75) is 0 Å². The van der Waals surface area contributed by atoms with Crippen LogP contribution in [0.15, 0.2) is 36.4 Å². The molecule has 1 saturated heterocycles. The molecule has 0 aromatic heterocycles. The van der Waals surface area contributed by atoms with E-state index in [2.05, 4.69) is 4.72 Å². The topological polar surface area (TPSA) is 136 Å². The molecule has 0 unspecified atom stereocenters. The van der Waals surface area contributed by atoms with Crippen LogP contribution in [0.2, 0.25) is 5.02 Å². The summed E-state index contributed by atoms with van der Waals surface area (Å²) in [6.07, 6.45) is 0. The van der Waals surface area contributed by atoms with Crippen molar-refractivity contribution in [1.82, 2.24) is 4.72 Å². The van der Waals surface area contributed by atoms with E-state index in [4.69, 9.17) is 11.6 Å². The Balaban J connectivity index is 1.92. The standard InChI is InChI=1S/C15H14ClFN4O6S2/c1-20(11-4-2-3-9(16)5-11)28(24,25)18-10-6-12(17)15(13(22)7-10)21-8-14(23)19-29(21,26)27/h2-7,18,22H,8H2,1H3,(H,19,23). The van der Waals surface area contributed by atoms with Crippen molar-refractivity contribution in [1.29, 1.82) is 0 Å². The van der Waals surface area contributed by atoms with Crippen molar-refractivity contribution in [3.05, 3.63) is 47.2 Å². The van der Waals surface area contributed by atoms with Crippen LogP contribution in [-0.4, -0.2) is 41.4 Å². The van der Waals surface area contributed by atoms with Crippen molar-refractivity contribution in [3.63, 3.8) is 0 Å². The molecule has 0 radical (unpaired) electrons. The van der Waals surface area contributed by atoms with Gasteiger partial charge in [-0.2, -0.15) is 16.8 Å². The van der Waals surface area contributed by atoms with Crippen LogP contribution in [0.3, 0.4) is 0 Å². The van der Waals surface area contributed by atoms with Crippen LogP contribution in [0.1, 0.15) is 0 Å². The Morgan fingerprint density at radius 2 is 2.00 bits per heavy atom. The van der Waals surface area contributed by atoms with Crippen LogP contribution in [0, 0.1) is 5.82 Å². The molecule has 2 aromatic carbocycles. The van der Waals surface area contributed by atoms with Gasteiger partial charge >= 0.3 is 20.4 Å². The Labute approximate surface area is 170 Å². The molecule has 0 saturated carbocycles. The van der Waals surface area contributed by atoms with Gasteiger partial charge in [0, 0.05) is 24.2 Å². The second kappa shape index (κ2) is 7.24. The third-order valence-corrected chi connectivity index (χ3v) is 6.93. The molecule has 1 fully saturated rings. The Morgan fingerprint density at radius 1 is 1.31 bits per heavy atom. The van der Waals surface area contributed by atoms with Crippen molar-refractivity contribution < 1.29 is 31.1 Å². The number of rotatable bonds is 5. The number of benzene rings is 2. The fourth-order valence-corrected chi connectivity index (χ4v) is 4.86. The lowest BCUT2D eigenvalue weighted by molar-refractivity contribution is -0.117. The predicted molar refractivity (Wildman–Crippen MR) is 105 cm³/mol. The number of hydrogen-bond acceptors (Lipinski definition) is 6. The number of phenolic OH excluding ortho intramolecular Hbond substituents is 1. The van der Waals surface area contributed by atoms with Gasteiger partial charge < -0.3 is 5.11 Å². The lowest BCUT2D eigenvalue weighted by atomic mass is 10.2. The highest BCUT2D eigenvalue weighted by Crippen LogP contribution is 2.36. The molecule has 10 nitrogen and oxygen atoms in total. The fourth-order valence-electron chi connectivity index (χ4n) is 2.56. The van der Waals surface area contributed by atoms with Crippen LogP contribution in [0.25, 0.3) is 0 Å². The fraction of sp³-hybridized carbons (Fsp3) is 0.133. The molecule has 14 heteroatoms. The number of aromatic hydroxyl groups is 1. The maximum Gasteiger partial charge on any atom is 0.326 e. The maximum atomic E-state index is 14.5. The van der Waals surface area contributed by atoms with Crippen molar-refractivity contribution >= 4 is 55.0 Å². The molecule has 1 amide bonds. The minimum atomic E-state index is -4.36. The number of hydrogen-bond donors (Lipinski definition) is 3. The predicted octanol–water partition coefficient (Wildman–Crippen LogP) is 1.16. The van der Waals surface area contributed by atoms with Crippen molar-refractivity contribution in [2.24, 2.45) is 0 Å². The number of carbonyl (C=O) groups excluding carboxylic acids is 1. The molecule has 0 aliphatic carbocycles. The van der Waals surface area contributed by atoms with Crippen LogP contribution in [0.4, 0.5) is 21.5 Å². The number of halogens is 2. The van der Waals surface area contributed by atoms with E-state index in [0.717, 1.165) is 10.4 Å². The minimum absolute atomic E-state index is 0.221. The van der Waals surface area contributed by atoms with Crippen LogP contribution >= 0.6 is 11.6 Å². The zero-order chi connectivity index (χ0) is 21.6. The monoisotopic (exact) mass is 464 g/mol. The quantitative estimate of drug-likeness (QED) is 0.607. The zero-order valence-corrected chi connectivity index (χ0v) is 17.0. The Morgan fingerprint density at radius 3 is 2.55 bits per heavy atom. The Kier molecular flexibility index (Phi) is 5.23. The Bertz CT molecular complexity index is 1180. The number of amides is 1. The van der Waals surface area contributed by atoms with Crippen LogP contribution in [-0.2, 0) is 25.2 Å². The number of phenols is 1. The highest BCUT2D eigenvalue weighted by atomic mass is 35.5. The summed E-state index contributed by atoms with van der Waals surface area (Å²) in [5.41, 5.74) is -0.929. The largest absolute Gasteiger partial charge is 0.506 e. The first-order valence-electron chi connectivity index (χ1n) is 7.79. The van der Waals surface area contributed by atoms with E-state index < -0.39 is 50.1 Å². The molecule has 3 N–H and O–H groups in total. The van der Waals surface area contributed by atoms with Gasteiger partial charge in [0.2, 0.25) is 0 Å². The van der Waals surface area contributed by atoms with E-state index in [-0.39, 0.29) is 11.4 Å². The van der Waals surface area contributed by atoms with Gasteiger partial charge in [-0.15, -0.1) is 0 Å². The van der Waals surface area contributed by atoms with Crippen molar-refractivity contribution in [2.75, 3.05) is 26.9 Å². The third kappa shape index (κ3) is 4.16. The number of nitrogens with zero attached hydrogens (tertiary/aromatic N) is 2. The van der Waals surface area contributed by atoms with E-state index in [1.165, 1.54) is 25.2 Å². The van der Waals surface area contributed by atoms with Gasteiger partial charge in [-0.3, -0.25) is 13.8 Å². The van der Waals surface area contributed by atoms with Gasteiger partial charge in [0.25, 0.3) is 5.91 Å². The molecule has 2 aromatic rings. The highest BCUT2D eigenvalue weighted by molar-refractivity contribution is 7.94. The van der Waals surface area contributed by atoms with Crippen molar-refractivity contribution in [3.8, 4) is 5.75 Å². The average molecular weight is 465 g/mol. The molecule has 1 aliphatic heterocycles. The highest BCUT2D eigenvalue weighted by Gasteiger charge is 2.37. The SMILES string of the molecule is CN(c1cccc(Cl)c1)S(=O)(=O)Nc1cc(O)c(N2CC(=O)NS2(=O)=O)c(F)c1. The molecule has 0 spiro atoms. The number of nitrogens with one attached hydrogen (secondary N) is 2. The summed E-state index contributed by atoms with van der Waals surface area (Å²) in [6.45, 7) is -0.727. The summed E-state index contributed by atoms with van der Waals surface area (Å²) >= 11 is 5.85. The normalized spacial score (nSPS) is 15.8. The second-order valence-corrected chi connectivity index (χ2v) is 9.65. The van der Waals surface area contributed by atoms with Crippen LogP contribution in [0.5, 0.6) is 5.75 Å². The van der Waals surface area contributed by atoms with Gasteiger partial charge in [0.1, 0.15) is 18.0 Å². The Hall–Kier alpha value is -2.77. The summed E-state index contributed by atoms with van der Waals surface area (Å²) in [7, 11) is -7.36. The molecule has 0 atom stereocenters. The second-order valence-electron chi connectivity index (χ2n) is 5.92. The molecular formula is C15H14ClFN4O6S2. The molecule has 1 heterocycles. The van der Waals surface area contributed by atoms with E-state index in [1.54, 1.807) is 10.8 Å². The summed E-state index contributed by atoms with van der Waals surface area (Å²) < 4.78 is 68.2. The molecular weight excluding hydrogens is 451 g/mol. The maximum absolute atomic E-state index is 14.5. The van der Waals surface area contributed by atoms with E-state index in [0.29, 0.717) is 15.4 Å². The van der Waals surface area contributed by atoms with E-state index >= 15 is 0 Å². The smallest absolute Gasteiger partial charge is 0.326 e. The van der Waals surface area contributed by atoms with Gasteiger partial charge in [0.15, 0.2) is 5.82 Å². The third-order valence-electron chi connectivity index (χ3n) is 3.89. The minimum Gasteiger partial charge on any atom is -0.506 e. The summed E-state index contributed by atoms with van der Waals surface area (Å²) in [5, 5.41) is 10.4. The molecule has 156 valence electrons.